The average Bonchev–Trinajstić information content (AvgIpc) is 2.59. The molecule has 1 aromatic rings. The number of aryl methyl sites for hydroxylation is 2. The molecule has 1 unspecified atom stereocenters. The lowest BCUT2D eigenvalue weighted by Gasteiger charge is -2.28. The highest BCUT2D eigenvalue weighted by Gasteiger charge is 2.28. The van der Waals surface area contributed by atoms with Crippen LogP contribution in [0.2, 0.25) is 0 Å². The fraction of sp³-hybridized carbons (Fsp3) is 0.667. The van der Waals surface area contributed by atoms with Gasteiger partial charge in [-0.15, -0.1) is 0 Å². The van der Waals surface area contributed by atoms with E-state index in [0.29, 0.717) is 12.5 Å². The van der Waals surface area contributed by atoms with E-state index in [0.717, 1.165) is 12.8 Å². The van der Waals surface area contributed by atoms with E-state index in [1.807, 2.05) is 0 Å². The van der Waals surface area contributed by atoms with Crippen molar-refractivity contribution in [3.63, 3.8) is 0 Å². The highest BCUT2D eigenvalue weighted by molar-refractivity contribution is 5.81. The van der Waals surface area contributed by atoms with Gasteiger partial charge in [-0.2, -0.15) is 0 Å². The maximum atomic E-state index is 12.5. The summed E-state index contributed by atoms with van der Waals surface area (Å²) in [4.78, 5) is 12.5. The minimum atomic E-state index is -0.556. The fourth-order valence-corrected chi connectivity index (χ4v) is 4.06. The van der Waals surface area contributed by atoms with Gasteiger partial charge in [0.15, 0.2) is 6.10 Å². The standard InChI is InChI=1S/C21H34N2O2/c1-15-8-7-9-16(2)18(15)12-13-23-21(24)20(25-3)19(22)14-17-10-5-4-6-11-17/h7-9,17,19-20H,4-6,10-14,22H2,1-3H3,(H,23,24)/t19-,20?/m1/s1. The monoisotopic (exact) mass is 346 g/mol. The van der Waals surface area contributed by atoms with Gasteiger partial charge in [0.05, 0.1) is 0 Å². The normalized spacial score (nSPS) is 17.9. The summed E-state index contributed by atoms with van der Waals surface area (Å²) in [6.45, 7) is 4.84. The molecule has 0 bridgehead atoms. The smallest absolute Gasteiger partial charge is 0.250 e. The zero-order valence-electron chi connectivity index (χ0n) is 16.0. The van der Waals surface area contributed by atoms with Crippen molar-refractivity contribution in [2.24, 2.45) is 11.7 Å². The van der Waals surface area contributed by atoms with Crippen LogP contribution in [-0.2, 0) is 16.0 Å². The van der Waals surface area contributed by atoms with Crippen LogP contribution in [0.25, 0.3) is 0 Å². The van der Waals surface area contributed by atoms with Gasteiger partial charge in [0.2, 0.25) is 0 Å². The van der Waals surface area contributed by atoms with Gasteiger partial charge in [0.1, 0.15) is 0 Å². The summed E-state index contributed by atoms with van der Waals surface area (Å²) in [5.74, 6) is 0.556. The van der Waals surface area contributed by atoms with E-state index in [1.54, 1.807) is 7.11 Å². The van der Waals surface area contributed by atoms with Gasteiger partial charge in [-0.3, -0.25) is 4.79 Å². The first kappa shape index (κ1) is 19.9. The van der Waals surface area contributed by atoms with Crippen LogP contribution in [0.5, 0.6) is 0 Å². The van der Waals surface area contributed by atoms with Crippen LogP contribution in [0.4, 0.5) is 0 Å². The average molecular weight is 347 g/mol. The third kappa shape index (κ3) is 5.82. The van der Waals surface area contributed by atoms with Crippen molar-refractivity contribution < 1.29 is 9.53 Å². The van der Waals surface area contributed by atoms with Crippen molar-refractivity contribution in [1.29, 1.82) is 0 Å². The molecule has 1 saturated carbocycles. The fourth-order valence-electron chi connectivity index (χ4n) is 4.06. The first-order valence-corrected chi connectivity index (χ1v) is 9.64. The zero-order valence-corrected chi connectivity index (χ0v) is 16.0. The molecule has 0 spiro atoms. The molecule has 1 aliphatic rings. The molecular formula is C21H34N2O2. The number of rotatable bonds is 8. The molecule has 2 rings (SSSR count). The second-order valence-electron chi connectivity index (χ2n) is 7.47. The van der Waals surface area contributed by atoms with E-state index < -0.39 is 6.10 Å². The van der Waals surface area contributed by atoms with E-state index >= 15 is 0 Å². The maximum Gasteiger partial charge on any atom is 0.250 e. The Hall–Kier alpha value is -1.39. The lowest BCUT2D eigenvalue weighted by atomic mass is 9.84. The summed E-state index contributed by atoms with van der Waals surface area (Å²) in [6.07, 6.45) is 7.53. The molecule has 25 heavy (non-hydrogen) atoms. The maximum absolute atomic E-state index is 12.5. The number of methoxy groups -OCH3 is 1. The molecular weight excluding hydrogens is 312 g/mol. The largest absolute Gasteiger partial charge is 0.370 e. The Morgan fingerprint density at radius 1 is 1.24 bits per heavy atom. The minimum absolute atomic E-state index is 0.0861. The molecule has 1 aromatic carbocycles. The predicted octanol–water partition coefficient (Wildman–Crippen LogP) is 3.27. The number of nitrogens with two attached hydrogens (primary N) is 1. The van der Waals surface area contributed by atoms with Gasteiger partial charge >= 0.3 is 0 Å². The molecule has 1 aliphatic carbocycles. The van der Waals surface area contributed by atoms with Crippen molar-refractivity contribution in [3.05, 3.63) is 34.9 Å². The quantitative estimate of drug-likeness (QED) is 0.759. The predicted molar refractivity (Wildman–Crippen MR) is 103 cm³/mol. The van der Waals surface area contributed by atoms with Crippen LogP contribution < -0.4 is 11.1 Å². The Labute approximate surface area is 152 Å². The number of hydrogen-bond acceptors (Lipinski definition) is 3. The highest BCUT2D eigenvalue weighted by atomic mass is 16.5. The van der Waals surface area contributed by atoms with Crippen LogP contribution in [0.1, 0.15) is 55.2 Å². The second kappa shape index (κ2) is 9.93. The molecule has 2 atom stereocenters. The molecule has 0 heterocycles. The molecule has 1 amide bonds. The van der Waals surface area contributed by atoms with Crippen molar-refractivity contribution in [3.8, 4) is 0 Å². The van der Waals surface area contributed by atoms with Crippen LogP contribution in [0.3, 0.4) is 0 Å². The van der Waals surface area contributed by atoms with Crippen molar-refractivity contribution in [2.75, 3.05) is 13.7 Å². The number of ether oxygens (including phenoxy) is 1. The Kier molecular flexibility index (Phi) is 7.91. The van der Waals surface area contributed by atoms with Crippen LogP contribution in [0.15, 0.2) is 18.2 Å². The summed E-state index contributed by atoms with van der Waals surface area (Å²) in [5.41, 5.74) is 10.2. The second-order valence-corrected chi connectivity index (χ2v) is 7.47. The van der Waals surface area contributed by atoms with E-state index in [2.05, 4.69) is 37.4 Å². The highest BCUT2D eigenvalue weighted by Crippen LogP contribution is 2.27. The van der Waals surface area contributed by atoms with Gasteiger partial charge in [-0.25, -0.2) is 0 Å². The van der Waals surface area contributed by atoms with Gasteiger partial charge in [0, 0.05) is 19.7 Å². The number of benzene rings is 1. The number of carbonyl (C=O) groups excluding carboxylic acids is 1. The zero-order chi connectivity index (χ0) is 18.2. The van der Waals surface area contributed by atoms with Crippen LogP contribution in [-0.4, -0.2) is 31.7 Å². The Bertz CT molecular complexity index is 533. The molecule has 3 N–H and O–H groups in total. The van der Waals surface area contributed by atoms with E-state index in [-0.39, 0.29) is 11.9 Å². The summed E-state index contributed by atoms with van der Waals surface area (Å²) >= 11 is 0. The number of amides is 1. The molecule has 4 heteroatoms. The SMILES string of the molecule is COC(C(=O)NCCc1c(C)cccc1C)[C@H](N)CC1CCCCC1. The molecule has 0 aromatic heterocycles. The molecule has 140 valence electrons. The summed E-state index contributed by atoms with van der Waals surface area (Å²) < 4.78 is 5.43. The molecule has 0 radical (unpaired) electrons. The van der Waals surface area contributed by atoms with Crippen molar-refractivity contribution in [1.82, 2.24) is 5.32 Å². The molecule has 0 aliphatic heterocycles. The first-order valence-electron chi connectivity index (χ1n) is 9.64. The third-order valence-corrected chi connectivity index (χ3v) is 5.55. The van der Waals surface area contributed by atoms with Gasteiger partial charge in [-0.1, -0.05) is 50.3 Å². The van der Waals surface area contributed by atoms with Gasteiger partial charge in [0.25, 0.3) is 5.91 Å². The minimum Gasteiger partial charge on any atom is -0.370 e. The molecule has 1 fully saturated rings. The van der Waals surface area contributed by atoms with Crippen molar-refractivity contribution in [2.45, 2.75) is 70.9 Å². The Balaban J connectivity index is 1.82. The lowest BCUT2D eigenvalue weighted by molar-refractivity contribution is -0.132. The topological polar surface area (TPSA) is 64.3 Å². The number of nitrogens with one attached hydrogen (secondary N) is 1. The number of hydrogen-bond donors (Lipinski definition) is 2. The van der Waals surface area contributed by atoms with Crippen LogP contribution in [0, 0.1) is 19.8 Å². The Morgan fingerprint density at radius 3 is 2.48 bits per heavy atom. The molecule has 4 nitrogen and oxygen atoms in total. The van der Waals surface area contributed by atoms with Crippen LogP contribution >= 0.6 is 0 Å². The summed E-state index contributed by atoms with van der Waals surface area (Å²) in [6, 6.07) is 6.07. The van der Waals surface area contributed by atoms with Gasteiger partial charge in [-0.05, 0) is 49.3 Å². The van der Waals surface area contributed by atoms with Crippen molar-refractivity contribution >= 4 is 5.91 Å². The summed E-state index contributed by atoms with van der Waals surface area (Å²) in [7, 11) is 1.58. The third-order valence-electron chi connectivity index (χ3n) is 5.55. The van der Waals surface area contributed by atoms with E-state index in [4.69, 9.17) is 10.5 Å². The lowest BCUT2D eigenvalue weighted by Crippen LogP contribution is -2.48. The molecule has 0 saturated heterocycles. The van der Waals surface area contributed by atoms with E-state index in [9.17, 15) is 4.79 Å². The summed E-state index contributed by atoms with van der Waals surface area (Å²) in [5, 5.41) is 3.01. The van der Waals surface area contributed by atoms with Gasteiger partial charge < -0.3 is 15.8 Å². The Morgan fingerprint density at radius 2 is 1.88 bits per heavy atom. The number of carbonyl (C=O) groups is 1. The first-order chi connectivity index (χ1) is 12.0. The van der Waals surface area contributed by atoms with E-state index in [1.165, 1.54) is 48.8 Å².